The van der Waals surface area contributed by atoms with Gasteiger partial charge in [0.25, 0.3) is 0 Å². The van der Waals surface area contributed by atoms with E-state index in [-0.39, 0.29) is 30.5 Å². The Hall–Kier alpha value is -2.29. The van der Waals surface area contributed by atoms with Gasteiger partial charge < -0.3 is 20.4 Å². The van der Waals surface area contributed by atoms with Crippen molar-refractivity contribution in [2.24, 2.45) is 22.7 Å². The van der Waals surface area contributed by atoms with Gasteiger partial charge in [-0.25, -0.2) is 4.99 Å². The molecule has 0 spiro atoms. The highest BCUT2D eigenvalue weighted by atomic mass is 19.4. The Balaban J connectivity index is 1.32. The van der Waals surface area contributed by atoms with Crippen molar-refractivity contribution in [1.82, 2.24) is 20.4 Å². The second-order valence-corrected chi connectivity index (χ2v) is 11.1. The molecule has 2 unspecified atom stereocenters. The number of carbonyl (C=O) groups is 1. The van der Waals surface area contributed by atoms with E-state index in [2.05, 4.69) is 29.4 Å². The molecular formula is C27H38F3N5O. The van der Waals surface area contributed by atoms with Gasteiger partial charge in [-0.05, 0) is 57.4 Å². The standard InChI is InChI=1S/C27H38F3N5O/c1-16-6-9-22-23(16)25(33-18(3)32-22)34-11-13-35(14-12-34)26(36)24(21-5-4-10-31-21)20-8-7-19(15-17(20)2)27(28,29)30/h7-8,16-18,21,24,31-32H,4-6,9-15H2,1-3H3/t16-,17?,18?,21+,24+/m1/s1. The number of amidine groups is 1. The Labute approximate surface area is 211 Å². The molecule has 0 aromatic heterocycles. The van der Waals surface area contributed by atoms with Crippen molar-refractivity contribution in [2.45, 2.75) is 71.3 Å². The highest BCUT2D eigenvalue weighted by molar-refractivity contribution is 6.00. The summed E-state index contributed by atoms with van der Waals surface area (Å²) in [5, 5.41) is 6.97. The summed E-state index contributed by atoms with van der Waals surface area (Å²) in [6, 6.07) is -0.0215. The van der Waals surface area contributed by atoms with Crippen LogP contribution in [0, 0.1) is 17.8 Å². The third-order valence-corrected chi connectivity index (χ3v) is 8.54. The number of piperazine rings is 1. The third kappa shape index (κ3) is 4.83. The lowest BCUT2D eigenvalue weighted by Gasteiger charge is -2.41. The van der Waals surface area contributed by atoms with E-state index in [4.69, 9.17) is 4.99 Å². The van der Waals surface area contributed by atoms with Gasteiger partial charge in [0.1, 0.15) is 12.0 Å². The number of hydrogen-bond acceptors (Lipinski definition) is 5. The molecule has 9 heteroatoms. The highest BCUT2D eigenvalue weighted by Crippen LogP contribution is 2.40. The molecule has 3 aliphatic heterocycles. The molecule has 2 N–H and O–H groups in total. The van der Waals surface area contributed by atoms with Crippen molar-refractivity contribution >= 4 is 11.7 Å². The normalized spacial score (nSPS) is 32.0. The maximum Gasteiger partial charge on any atom is 0.412 e. The van der Waals surface area contributed by atoms with E-state index in [0.717, 1.165) is 56.7 Å². The minimum absolute atomic E-state index is 0.0215. The van der Waals surface area contributed by atoms with Gasteiger partial charge in [-0.3, -0.25) is 4.79 Å². The molecular weight excluding hydrogens is 467 g/mol. The fourth-order valence-electron chi connectivity index (χ4n) is 6.61. The van der Waals surface area contributed by atoms with Gasteiger partial charge in [0, 0.05) is 49.1 Å². The van der Waals surface area contributed by atoms with Crippen molar-refractivity contribution in [3.63, 3.8) is 0 Å². The molecule has 5 aliphatic rings. The van der Waals surface area contributed by atoms with Crippen LogP contribution in [0.2, 0.25) is 0 Å². The van der Waals surface area contributed by atoms with Crippen LogP contribution in [0.4, 0.5) is 13.2 Å². The van der Waals surface area contributed by atoms with Crippen LogP contribution in [0.5, 0.6) is 0 Å². The summed E-state index contributed by atoms with van der Waals surface area (Å²) in [6.45, 7) is 9.64. The molecule has 0 radical (unpaired) electrons. The van der Waals surface area contributed by atoms with Crippen LogP contribution >= 0.6 is 0 Å². The molecule has 0 aromatic carbocycles. The lowest BCUT2D eigenvalue weighted by Crippen LogP contribution is -2.55. The van der Waals surface area contributed by atoms with Gasteiger partial charge in [0.05, 0.1) is 5.92 Å². The first-order valence-electron chi connectivity index (χ1n) is 13.5. The van der Waals surface area contributed by atoms with Gasteiger partial charge in [-0.2, -0.15) is 13.2 Å². The van der Waals surface area contributed by atoms with Crippen molar-refractivity contribution in [3.8, 4) is 0 Å². The van der Waals surface area contributed by atoms with Crippen molar-refractivity contribution in [3.05, 3.63) is 34.6 Å². The lowest BCUT2D eigenvalue weighted by atomic mass is 9.77. The first-order chi connectivity index (χ1) is 17.1. The number of allylic oxidation sites excluding steroid dienone is 4. The Morgan fingerprint density at radius 2 is 1.83 bits per heavy atom. The fraction of sp³-hybridized carbons (Fsp3) is 0.704. The zero-order valence-electron chi connectivity index (χ0n) is 21.5. The Bertz CT molecular complexity index is 999. The molecule has 1 amide bonds. The van der Waals surface area contributed by atoms with E-state index in [1.807, 2.05) is 11.8 Å². The quantitative estimate of drug-likeness (QED) is 0.609. The molecule has 3 heterocycles. The second-order valence-electron chi connectivity index (χ2n) is 11.1. The summed E-state index contributed by atoms with van der Waals surface area (Å²) in [4.78, 5) is 23.1. The number of nitrogens with one attached hydrogen (secondary N) is 2. The van der Waals surface area contributed by atoms with Gasteiger partial charge >= 0.3 is 6.18 Å². The first-order valence-corrected chi connectivity index (χ1v) is 13.5. The van der Waals surface area contributed by atoms with E-state index in [1.54, 1.807) is 6.08 Å². The van der Waals surface area contributed by atoms with Crippen LogP contribution < -0.4 is 10.6 Å². The van der Waals surface area contributed by atoms with Gasteiger partial charge in [-0.15, -0.1) is 0 Å². The van der Waals surface area contributed by atoms with Crippen LogP contribution in [0.1, 0.15) is 52.9 Å². The van der Waals surface area contributed by atoms with E-state index in [1.165, 1.54) is 17.3 Å². The van der Waals surface area contributed by atoms with Crippen LogP contribution in [0.3, 0.4) is 0 Å². The van der Waals surface area contributed by atoms with Gasteiger partial charge in [0.15, 0.2) is 0 Å². The molecule has 5 rings (SSSR count). The summed E-state index contributed by atoms with van der Waals surface area (Å²) in [5.74, 6) is 0.872. The minimum atomic E-state index is -4.32. The number of rotatable bonds is 3. The monoisotopic (exact) mass is 505 g/mol. The smallest absolute Gasteiger partial charge is 0.367 e. The van der Waals surface area contributed by atoms with Crippen molar-refractivity contribution in [1.29, 1.82) is 0 Å². The molecule has 5 atom stereocenters. The predicted molar refractivity (Wildman–Crippen MR) is 134 cm³/mol. The van der Waals surface area contributed by atoms with Crippen LogP contribution in [0.15, 0.2) is 39.6 Å². The zero-order chi connectivity index (χ0) is 25.6. The zero-order valence-corrected chi connectivity index (χ0v) is 21.5. The van der Waals surface area contributed by atoms with Gasteiger partial charge in [0.2, 0.25) is 5.91 Å². The number of aliphatic imine (C=N–C) groups is 1. The average Bonchev–Trinajstić information content (AvgIpc) is 3.49. The Kier molecular flexibility index (Phi) is 6.96. The number of nitrogens with zero attached hydrogens (tertiary/aromatic N) is 3. The van der Waals surface area contributed by atoms with Crippen LogP contribution in [0.25, 0.3) is 0 Å². The van der Waals surface area contributed by atoms with E-state index >= 15 is 0 Å². The summed E-state index contributed by atoms with van der Waals surface area (Å²) >= 11 is 0. The molecule has 36 heavy (non-hydrogen) atoms. The van der Waals surface area contributed by atoms with Gasteiger partial charge in [-0.1, -0.05) is 31.6 Å². The lowest BCUT2D eigenvalue weighted by molar-refractivity contribution is -0.136. The SMILES string of the molecule is CC1N=C(N2CCN(C(=O)[C@@H](C3=CC=C(C(F)(F)F)CC3C)[C@@H]3CCCN3)CC2)C2=C(CC[C@H]2C)N1. The first kappa shape index (κ1) is 25.4. The molecule has 198 valence electrons. The summed E-state index contributed by atoms with van der Waals surface area (Å²) in [5.41, 5.74) is 2.97. The van der Waals surface area contributed by atoms with E-state index in [0.29, 0.717) is 19.0 Å². The molecule has 0 saturated carbocycles. The minimum Gasteiger partial charge on any atom is -0.367 e. The largest absolute Gasteiger partial charge is 0.412 e. The summed E-state index contributed by atoms with van der Waals surface area (Å²) in [6.07, 6.45) is 2.48. The third-order valence-electron chi connectivity index (χ3n) is 8.54. The highest BCUT2D eigenvalue weighted by Gasteiger charge is 2.42. The van der Waals surface area contributed by atoms with E-state index in [9.17, 15) is 18.0 Å². The molecule has 6 nitrogen and oxygen atoms in total. The van der Waals surface area contributed by atoms with Crippen molar-refractivity contribution in [2.75, 3.05) is 32.7 Å². The second kappa shape index (κ2) is 9.88. The number of carbonyl (C=O) groups excluding carboxylic acids is 1. The Morgan fingerprint density at radius 1 is 1.08 bits per heavy atom. The van der Waals surface area contributed by atoms with Crippen LogP contribution in [-0.2, 0) is 4.79 Å². The topological polar surface area (TPSA) is 60.0 Å². The average molecular weight is 506 g/mol. The number of halogens is 3. The predicted octanol–water partition coefficient (Wildman–Crippen LogP) is 3.99. The maximum atomic E-state index is 13.9. The van der Waals surface area contributed by atoms with E-state index < -0.39 is 17.7 Å². The fourth-order valence-corrected chi connectivity index (χ4v) is 6.61. The Morgan fingerprint density at radius 3 is 2.47 bits per heavy atom. The molecule has 0 bridgehead atoms. The molecule has 2 aliphatic carbocycles. The van der Waals surface area contributed by atoms with Crippen molar-refractivity contribution < 1.29 is 18.0 Å². The molecule has 2 fully saturated rings. The number of alkyl halides is 3. The number of amides is 1. The maximum absolute atomic E-state index is 13.9. The molecule has 0 aromatic rings. The van der Waals surface area contributed by atoms with Crippen LogP contribution in [-0.4, -0.2) is 72.7 Å². The summed E-state index contributed by atoms with van der Waals surface area (Å²) < 4.78 is 39.9. The number of hydrogen-bond donors (Lipinski definition) is 2. The summed E-state index contributed by atoms with van der Waals surface area (Å²) in [7, 11) is 0. The molecule has 2 saturated heterocycles.